The third kappa shape index (κ3) is 5.37. The van der Waals surface area contributed by atoms with Gasteiger partial charge in [0.15, 0.2) is 0 Å². The summed E-state index contributed by atoms with van der Waals surface area (Å²) in [5.41, 5.74) is 6.72. The Kier molecular flexibility index (Phi) is 5.78. The van der Waals surface area contributed by atoms with E-state index in [0.29, 0.717) is 30.2 Å². The number of rotatable bonds is 6. The molecule has 1 aromatic heterocycles. The number of nitrogens with two attached hydrogens (primary N) is 1. The number of pyridine rings is 1. The first kappa shape index (κ1) is 14.9. The van der Waals surface area contributed by atoms with Crippen LogP contribution in [0.15, 0.2) is 12.1 Å². The van der Waals surface area contributed by atoms with Crippen LogP contribution in [0, 0.1) is 6.92 Å². The first-order valence-corrected chi connectivity index (χ1v) is 6.32. The number of anilines is 1. The predicted molar refractivity (Wildman–Crippen MR) is 73.6 cm³/mol. The van der Waals surface area contributed by atoms with Crippen LogP contribution >= 0.6 is 0 Å². The molecular formula is C13H20N4O2. The Bertz CT molecular complexity index is 440. The highest BCUT2D eigenvalue weighted by Crippen LogP contribution is 2.06. The quantitative estimate of drug-likeness (QED) is 0.701. The third-order valence-corrected chi connectivity index (χ3v) is 2.45. The van der Waals surface area contributed by atoms with Gasteiger partial charge in [0.05, 0.1) is 0 Å². The molecular weight excluding hydrogens is 244 g/mol. The van der Waals surface area contributed by atoms with Crippen molar-refractivity contribution in [1.82, 2.24) is 15.6 Å². The lowest BCUT2D eigenvalue weighted by atomic mass is 10.2. The molecule has 0 spiro atoms. The zero-order chi connectivity index (χ0) is 14.3. The molecule has 0 unspecified atom stereocenters. The topological polar surface area (TPSA) is 97.1 Å². The summed E-state index contributed by atoms with van der Waals surface area (Å²) in [7, 11) is 0. The molecule has 1 heterocycles. The van der Waals surface area contributed by atoms with Crippen LogP contribution in [0.3, 0.4) is 0 Å². The van der Waals surface area contributed by atoms with Gasteiger partial charge in [-0.3, -0.25) is 9.59 Å². The molecule has 0 aliphatic carbocycles. The highest BCUT2D eigenvalue weighted by atomic mass is 16.2. The lowest BCUT2D eigenvalue weighted by Crippen LogP contribution is -2.31. The molecule has 6 nitrogen and oxygen atoms in total. The van der Waals surface area contributed by atoms with Crippen LogP contribution in [0.25, 0.3) is 0 Å². The van der Waals surface area contributed by atoms with Gasteiger partial charge in [0.25, 0.3) is 5.91 Å². The van der Waals surface area contributed by atoms with Crippen LogP contribution in [0.2, 0.25) is 0 Å². The standard InChI is InChI=1S/C13H20N4O2/c1-3-5-15-12(18)4-6-16-13(19)10-7-9(2)17-11(14)8-10/h7-8H,3-6H2,1-2H3,(H2,14,17)(H,15,18)(H,16,19). The van der Waals surface area contributed by atoms with Gasteiger partial charge in [0.2, 0.25) is 5.91 Å². The van der Waals surface area contributed by atoms with Crippen LogP contribution in [0.5, 0.6) is 0 Å². The second-order valence-electron chi connectivity index (χ2n) is 4.28. The fourth-order valence-electron chi connectivity index (χ4n) is 1.57. The van der Waals surface area contributed by atoms with E-state index in [2.05, 4.69) is 15.6 Å². The highest BCUT2D eigenvalue weighted by molar-refractivity contribution is 5.95. The highest BCUT2D eigenvalue weighted by Gasteiger charge is 2.08. The number of nitrogens with one attached hydrogen (secondary N) is 2. The largest absolute Gasteiger partial charge is 0.384 e. The number of hydrogen-bond acceptors (Lipinski definition) is 4. The average molecular weight is 264 g/mol. The van der Waals surface area contributed by atoms with E-state index in [-0.39, 0.29) is 18.2 Å². The second kappa shape index (κ2) is 7.35. The van der Waals surface area contributed by atoms with Crippen molar-refractivity contribution in [3.8, 4) is 0 Å². The molecule has 1 aromatic rings. The molecule has 19 heavy (non-hydrogen) atoms. The van der Waals surface area contributed by atoms with Crippen molar-refractivity contribution < 1.29 is 9.59 Å². The maximum Gasteiger partial charge on any atom is 0.251 e. The number of carbonyl (C=O) groups is 2. The van der Waals surface area contributed by atoms with Crippen molar-refractivity contribution in [2.45, 2.75) is 26.7 Å². The summed E-state index contributed by atoms with van der Waals surface area (Å²) < 4.78 is 0. The van der Waals surface area contributed by atoms with Crippen molar-refractivity contribution in [3.05, 3.63) is 23.4 Å². The molecule has 0 radical (unpaired) electrons. The van der Waals surface area contributed by atoms with Crippen molar-refractivity contribution >= 4 is 17.6 Å². The van der Waals surface area contributed by atoms with Crippen molar-refractivity contribution in [2.75, 3.05) is 18.8 Å². The van der Waals surface area contributed by atoms with Gasteiger partial charge in [-0.05, 0) is 25.5 Å². The molecule has 0 fully saturated rings. The lowest BCUT2D eigenvalue weighted by Gasteiger charge is -2.07. The van der Waals surface area contributed by atoms with E-state index in [1.165, 1.54) is 6.07 Å². The van der Waals surface area contributed by atoms with Gasteiger partial charge < -0.3 is 16.4 Å². The van der Waals surface area contributed by atoms with Crippen molar-refractivity contribution in [1.29, 1.82) is 0 Å². The van der Waals surface area contributed by atoms with E-state index < -0.39 is 0 Å². The zero-order valence-corrected chi connectivity index (χ0v) is 11.3. The smallest absolute Gasteiger partial charge is 0.251 e. The monoisotopic (exact) mass is 264 g/mol. The Balaban J connectivity index is 2.41. The van der Waals surface area contributed by atoms with Crippen LogP contribution < -0.4 is 16.4 Å². The number of nitrogens with zero attached hydrogens (tertiary/aromatic N) is 1. The third-order valence-electron chi connectivity index (χ3n) is 2.45. The normalized spacial score (nSPS) is 10.0. The Morgan fingerprint density at radius 1 is 1.26 bits per heavy atom. The lowest BCUT2D eigenvalue weighted by molar-refractivity contribution is -0.120. The Morgan fingerprint density at radius 3 is 2.63 bits per heavy atom. The average Bonchev–Trinajstić information content (AvgIpc) is 2.35. The molecule has 0 saturated carbocycles. The van der Waals surface area contributed by atoms with E-state index in [4.69, 9.17) is 5.73 Å². The van der Waals surface area contributed by atoms with Gasteiger partial charge in [-0.1, -0.05) is 6.92 Å². The predicted octanol–water partition coefficient (Wildman–Crippen LogP) is 0.618. The number of amides is 2. The SMILES string of the molecule is CCCNC(=O)CCNC(=O)c1cc(C)nc(N)c1. The van der Waals surface area contributed by atoms with E-state index in [9.17, 15) is 9.59 Å². The molecule has 4 N–H and O–H groups in total. The fourth-order valence-corrected chi connectivity index (χ4v) is 1.57. The van der Waals surface area contributed by atoms with Gasteiger partial charge in [0, 0.05) is 30.8 Å². The first-order chi connectivity index (χ1) is 9.02. The van der Waals surface area contributed by atoms with Crippen molar-refractivity contribution in [2.24, 2.45) is 0 Å². The molecule has 1 rings (SSSR count). The molecule has 0 bridgehead atoms. The number of nitrogen functional groups attached to an aromatic ring is 1. The fraction of sp³-hybridized carbons (Fsp3) is 0.462. The van der Waals surface area contributed by atoms with Crippen molar-refractivity contribution in [3.63, 3.8) is 0 Å². The van der Waals surface area contributed by atoms with Crippen LogP contribution in [-0.2, 0) is 4.79 Å². The minimum absolute atomic E-state index is 0.0624. The van der Waals surface area contributed by atoms with Gasteiger partial charge in [-0.15, -0.1) is 0 Å². The summed E-state index contributed by atoms with van der Waals surface area (Å²) in [5.74, 6) is -0.00102. The van der Waals surface area contributed by atoms with Crippen LogP contribution in [-0.4, -0.2) is 29.9 Å². The van der Waals surface area contributed by atoms with E-state index in [0.717, 1.165) is 6.42 Å². The molecule has 0 aliphatic heterocycles. The number of aryl methyl sites for hydroxylation is 1. The molecule has 6 heteroatoms. The Labute approximate surface area is 112 Å². The van der Waals surface area contributed by atoms with E-state index in [1.807, 2.05) is 6.92 Å². The van der Waals surface area contributed by atoms with Gasteiger partial charge in [-0.2, -0.15) is 0 Å². The van der Waals surface area contributed by atoms with Crippen LogP contribution in [0.1, 0.15) is 35.8 Å². The zero-order valence-electron chi connectivity index (χ0n) is 11.3. The van der Waals surface area contributed by atoms with Gasteiger partial charge in [-0.25, -0.2) is 4.98 Å². The molecule has 2 amide bonds. The minimum Gasteiger partial charge on any atom is -0.384 e. The summed E-state index contributed by atoms with van der Waals surface area (Å²) in [6.45, 7) is 4.71. The number of carbonyl (C=O) groups excluding carboxylic acids is 2. The number of hydrogen-bond donors (Lipinski definition) is 3. The maximum atomic E-state index is 11.8. The van der Waals surface area contributed by atoms with Gasteiger partial charge >= 0.3 is 0 Å². The van der Waals surface area contributed by atoms with Gasteiger partial charge in [0.1, 0.15) is 5.82 Å². The second-order valence-corrected chi connectivity index (χ2v) is 4.28. The summed E-state index contributed by atoms with van der Waals surface area (Å²) in [6, 6.07) is 3.17. The minimum atomic E-state index is -0.250. The number of aromatic nitrogens is 1. The summed E-state index contributed by atoms with van der Waals surface area (Å²) in [5, 5.41) is 5.42. The summed E-state index contributed by atoms with van der Waals surface area (Å²) in [4.78, 5) is 27.1. The molecule has 0 saturated heterocycles. The summed E-state index contributed by atoms with van der Waals surface area (Å²) >= 11 is 0. The molecule has 0 aliphatic rings. The first-order valence-electron chi connectivity index (χ1n) is 6.32. The Hall–Kier alpha value is -2.11. The molecule has 104 valence electrons. The molecule has 0 aromatic carbocycles. The maximum absolute atomic E-state index is 11.8. The summed E-state index contributed by atoms with van der Waals surface area (Å²) in [6.07, 6.45) is 1.17. The Morgan fingerprint density at radius 2 is 2.00 bits per heavy atom. The molecule has 0 atom stereocenters. The van der Waals surface area contributed by atoms with E-state index in [1.54, 1.807) is 13.0 Å². The van der Waals surface area contributed by atoms with Crippen LogP contribution in [0.4, 0.5) is 5.82 Å². The van der Waals surface area contributed by atoms with E-state index >= 15 is 0 Å².